The molecule has 0 aromatic heterocycles. The molecule has 0 spiro atoms. The number of benzene rings is 1. The summed E-state index contributed by atoms with van der Waals surface area (Å²) in [5, 5.41) is 11.8. The summed E-state index contributed by atoms with van der Waals surface area (Å²) in [5.41, 5.74) is 1.38. The molecular weight excluding hydrogens is 225 g/mol. The number of nitrogens with zero attached hydrogens (tertiary/aromatic N) is 1. The summed E-state index contributed by atoms with van der Waals surface area (Å²) in [6.07, 6.45) is 0. The van der Waals surface area contributed by atoms with E-state index in [9.17, 15) is 0 Å². The molecule has 1 aromatic rings. The number of ether oxygens (including phenoxy) is 1. The average molecular weight is 234 g/mol. The lowest BCUT2D eigenvalue weighted by atomic mass is 10.1. The minimum Gasteiger partial charge on any atom is -0.495 e. The Labute approximate surface area is 91.9 Å². The van der Waals surface area contributed by atoms with E-state index >= 15 is 0 Å². The monoisotopic (exact) mass is 233 g/mol. The molecule has 0 aliphatic rings. The number of oxime groups is 1. The van der Waals surface area contributed by atoms with Crippen LogP contribution in [0.3, 0.4) is 0 Å². The molecule has 3 nitrogen and oxygen atoms in total. The quantitative estimate of drug-likeness (QED) is 0.485. The Kier molecular flexibility index (Phi) is 3.61. The summed E-state index contributed by atoms with van der Waals surface area (Å²) in [6.45, 7) is 1.83. The van der Waals surface area contributed by atoms with Crippen LogP contribution in [0.4, 0.5) is 0 Å². The minimum atomic E-state index is -0.00217. The maximum atomic E-state index is 8.48. The highest BCUT2D eigenvalue weighted by Gasteiger charge is 2.09. The molecule has 0 saturated carbocycles. The predicted octanol–water partition coefficient (Wildman–Crippen LogP) is 3.03. The standard InChI is InChI=1S/C9H9Cl2NO2/c1-5-3-6(9(11)12-13)4-7(10)8(5)14-2/h3-4,13H,1-2H3/b12-9+. The van der Waals surface area contributed by atoms with Crippen LogP contribution in [0.1, 0.15) is 11.1 Å². The van der Waals surface area contributed by atoms with Crippen molar-refractivity contribution >= 4 is 28.4 Å². The molecule has 76 valence electrons. The molecule has 0 fully saturated rings. The molecule has 5 heteroatoms. The third-order valence-electron chi connectivity index (χ3n) is 1.76. The van der Waals surface area contributed by atoms with Crippen LogP contribution in [0.15, 0.2) is 17.3 Å². The lowest BCUT2D eigenvalue weighted by Gasteiger charge is -2.08. The van der Waals surface area contributed by atoms with Gasteiger partial charge >= 0.3 is 0 Å². The van der Waals surface area contributed by atoms with Gasteiger partial charge in [0, 0.05) is 5.56 Å². The highest BCUT2D eigenvalue weighted by molar-refractivity contribution is 6.69. The first-order chi connectivity index (χ1) is 6.60. The summed E-state index contributed by atoms with van der Waals surface area (Å²) >= 11 is 11.5. The van der Waals surface area contributed by atoms with Gasteiger partial charge in [0.1, 0.15) is 5.75 Å². The minimum absolute atomic E-state index is 0.00217. The Morgan fingerprint density at radius 2 is 2.14 bits per heavy atom. The van der Waals surface area contributed by atoms with E-state index in [1.807, 2.05) is 6.92 Å². The zero-order chi connectivity index (χ0) is 10.7. The van der Waals surface area contributed by atoms with Crippen LogP contribution in [0, 0.1) is 6.92 Å². The average Bonchev–Trinajstić information content (AvgIpc) is 2.16. The normalized spacial score (nSPS) is 11.6. The van der Waals surface area contributed by atoms with Crippen LogP contribution < -0.4 is 4.74 Å². The van der Waals surface area contributed by atoms with E-state index in [-0.39, 0.29) is 5.17 Å². The Morgan fingerprint density at radius 3 is 2.57 bits per heavy atom. The molecular formula is C9H9Cl2NO2. The van der Waals surface area contributed by atoms with Gasteiger partial charge in [-0.2, -0.15) is 0 Å². The van der Waals surface area contributed by atoms with Crippen LogP contribution >= 0.6 is 23.2 Å². The molecule has 0 amide bonds. The van der Waals surface area contributed by atoms with Gasteiger partial charge in [0.25, 0.3) is 0 Å². The molecule has 0 atom stereocenters. The van der Waals surface area contributed by atoms with Gasteiger partial charge in [-0.05, 0) is 24.6 Å². The smallest absolute Gasteiger partial charge is 0.175 e. The summed E-state index contributed by atoms with van der Waals surface area (Å²) in [5.74, 6) is 0.595. The summed E-state index contributed by atoms with van der Waals surface area (Å²) in [6, 6.07) is 3.31. The van der Waals surface area contributed by atoms with Gasteiger partial charge < -0.3 is 9.94 Å². The van der Waals surface area contributed by atoms with Crippen LogP contribution in [0.25, 0.3) is 0 Å². The zero-order valence-electron chi connectivity index (χ0n) is 7.71. The topological polar surface area (TPSA) is 41.8 Å². The summed E-state index contributed by atoms with van der Waals surface area (Å²) in [7, 11) is 1.54. The van der Waals surface area contributed by atoms with Crippen molar-refractivity contribution in [3.05, 3.63) is 28.3 Å². The molecule has 0 bridgehead atoms. The predicted molar refractivity (Wildman–Crippen MR) is 56.9 cm³/mol. The Morgan fingerprint density at radius 1 is 1.50 bits per heavy atom. The third-order valence-corrected chi connectivity index (χ3v) is 2.33. The highest BCUT2D eigenvalue weighted by atomic mass is 35.5. The summed E-state index contributed by atoms with van der Waals surface area (Å²) < 4.78 is 5.07. The van der Waals surface area contributed by atoms with Crippen molar-refractivity contribution in [3.63, 3.8) is 0 Å². The van der Waals surface area contributed by atoms with Crippen molar-refractivity contribution in [2.24, 2.45) is 5.16 Å². The van der Waals surface area contributed by atoms with Gasteiger partial charge in [-0.15, -0.1) is 0 Å². The molecule has 1 rings (SSSR count). The molecule has 1 N–H and O–H groups in total. The lowest BCUT2D eigenvalue weighted by molar-refractivity contribution is 0.321. The first-order valence-corrected chi connectivity index (χ1v) is 4.57. The Bertz CT molecular complexity index is 354. The van der Waals surface area contributed by atoms with Gasteiger partial charge in [0.2, 0.25) is 0 Å². The van der Waals surface area contributed by atoms with Crippen LogP contribution in [0.2, 0.25) is 5.02 Å². The number of hydrogen-bond donors (Lipinski definition) is 1. The van der Waals surface area contributed by atoms with Crippen LogP contribution in [0.5, 0.6) is 5.75 Å². The molecule has 0 saturated heterocycles. The Balaban J connectivity index is 3.27. The number of methoxy groups -OCH3 is 1. The lowest BCUT2D eigenvalue weighted by Crippen LogP contribution is -1.95. The second-order valence-corrected chi connectivity index (χ2v) is 3.46. The van der Waals surface area contributed by atoms with Gasteiger partial charge in [-0.1, -0.05) is 28.4 Å². The molecule has 0 aliphatic carbocycles. The van der Waals surface area contributed by atoms with E-state index in [1.165, 1.54) is 7.11 Å². The zero-order valence-corrected chi connectivity index (χ0v) is 9.23. The van der Waals surface area contributed by atoms with Gasteiger partial charge in [-0.3, -0.25) is 0 Å². The number of hydrogen-bond acceptors (Lipinski definition) is 3. The van der Waals surface area contributed by atoms with Crippen molar-refractivity contribution in [2.45, 2.75) is 6.92 Å². The largest absolute Gasteiger partial charge is 0.495 e. The molecule has 0 radical (unpaired) electrons. The third kappa shape index (κ3) is 2.11. The number of aryl methyl sites for hydroxylation is 1. The second kappa shape index (κ2) is 4.53. The summed E-state index contributed by atoms with van der Waals surface area (Å²) in [4.78, 5) is 0. The van der Waals surface area contributed by atoms with Crippen molar-refractivity contribution in [1.82, 2.24) is 0 Å². The van der Waals surface area contributed by atoms with Crippen molar-refractivity contribution < 1.29 is 9.94 Å². The molecule has 0 aliphatic heterocycles. The van der Waals surface area contributed by atoms with Gasteiger partial charge in [0.15, 0.2) is 5.17 Å². The van der Waals surface area contributed by atoms with E-state index in [0.29, 0.717) is 16.3 Å². The van der Waals surface area contributed by atoms with E-state index in [4.69, 9.17) is 33.1 Å². The first kappa shape index (κ1) is 11.1. The fourth-order valence-corrected chi connectivity index (χ4v) is 1.62. The molecule has 0 unspecified atom stereocenters. The van der Waals surface area contributed by atoms with E-state index in [2.05, 4.69) is 5.16 Å². The maximum absolute atomic E-state index is 8.48. The fraction of sp³-hybridized carbons (Fsp3) is 0.222. The number of rotatable bonds is 2. The molecule has 14 heavy (non-hydrogen) atoms. The van der Waals surface area contributed by atoms with E-state index < -0.39 is 0 Å². The second-order valence-electron chi connectivity index (χ2n) is 2.70. The van der Waals surface area contributed by atoms with Crippen molar-refractivity contribution in [1.29, 1.82) is 0 Å². The SMILES string of the molecule is COc1c(C)cc(/C(Cl)=N\O)cc1Cl. The van der Waals surface area contributed by atoms with E-state index in [1.54, 1.807) is 12.1 Å². The highest BCUT2D eigenvalue weighted by Crippen LogP contribution is 2.30. The maximum Gasteiger partial charge on any atom is 0.175 e. The fourth-order valence-electron chi connectivity index (χ4n) is 1.17. The molecule has 0 heterocycles. The number of halogens is 2. The Hall–Kier alpha value is -0.930. The van der Waals surface area contributed by atoms with Gasteiger partial charge in [-0.25, -0.2) is 0 Å². The first-order valence-electron chi connectivity index (χ1n) is 3.82. The molecule has 1 aromatic carbocycles. The van der Waals surface area contributed by atoms with Crippen LogP contribution in [-0.2, 0) is 0 Å². The van der Waals surface area contributed by atoms with Crippen LogP contribution in [-0.4, -0.2) is 17.5 Å². The van der Waals surface area contributed by atoms with Crippen molar-refractivity contribution in [3.8, 4) is 5.75 Å². The van der Waals surface area contributed by atoms with Gasteiger partial charge in [0.05, 0.1) is 12.1 Å². The van der Waals surface area contributed by atoms with E-state index in [0.717, 1.165) is 5.56 Å². The van der Waals surface area contributed by atoms with Crippen molar-refractivity contribution in [2.75, 3.05) is 7.11 Å².